The topological polar surface area (TPSA) is 71.6 Å². The van der Waals surface area contributed by atoms with E-state index >= 15 is 0 Å². The molecule has 7 heteroatoms. The molecule has 0 saturated carbocycles. The summed E-state index contributed by atoms with van der Waals surface area (Å²) in [7, 11) is 0. The molecule has 0 radical (unpaired) electrons. The highest BCUT2D eigenvalue weighted by Gasteiger charge is 2.15. The first-order valence-corrected chi connectivity index (χ1v) is 8.24. The summed E-state index contributed by atoms with van der Waals surface area (Å²) in [4.78, 5) is 11.9. The molecule has 0 aromatic heterocycles. The second-order valence-electron chi connectivity index (χ2n) is 5.27. The van der Waals surface area contributed by atoms with E-state index in [2.05, 4.69) is 16.2 Å². The molecular formula is C16H23N3O3S. The largest absolute Gasteiger partial charge is 0.494 e. The lowest BCUT2D eigenvalue weighted by molar-refractivity contribution is -0.121. The fourth-order valence-electron chi connectivity index (χ4n) is 2.28. The van der Waals surface area contributed by atoms with Crippen LogP contribution in [0.1, 0.15) is 25.3 Å². The molecule has 0 bridgehead atoms. The van der Waals surface area contributed by atoms with E-state index in [1.165, 1.54) is 0 Å². The van der Waals surface area contributed by atoms with Gasteiger partial charge in [-0.25, -0.2) is 0 Å². The third kappa shape index (κ3) is 6.42. The molecule has 0 aliphatic carbocycles. The monoisotopic (exact) mass is 337 g/mol. The van der Waals surface area contributed by atoms with Crippen molar-refractivity contribution < 1.29 is 14.3 Å². The molecule has 1 aromatic rings. The molecule has 3 N–H and O–H groups in total. The highest BCUT2D eigenvalue weighted by atomic mass is 32.1. The molecule has 1 aliphatic heterocycles. The maximum absolute atomic E-state index is 11.9. The van der Waals surface area contributed by atoms with Gasteiger partial charge in [-0.05, 0) is 49.7 Å². The maximum Gasteiger partial charge on any atom is 0.242 e. The van der Waals surface area contributed by atoms with Gasteiger partial charge in [-0.2, -0.15) is 0 Å². The van der Waals surface area contributed by atoms with Gasteiger partial charge in [-0.3, -0.25) is 15.6 Å². The summed E-state index contributed by atoms with van der Waals surface area (Å²) in [6.45, 7) is 4.02. The van der Waals surface area contributed by atoms with Crippen molar-refractivity contribution >= 4 is 23.2 Å². The molecule has 23 heavy (non-hydrogen) atoms. The number of benzene rings is 1. The van der Waals surface area contributed by atoms with Crippen LogP contribution in [0.25, 0.3) is 0 Å². The molecule has 1 aliphatic rings. The van der Waals surface area contributed by atoms with Crippen molar-refractivity contribution in [1.29, 1.82) is 0 Å². The Kier molecular flexibility index (Phi) is 7.09. The molecule has 1 amide bonds. The van der Waals surface area contributed by atoms with Gasteiger partial charge >= 0.3 is 0 Å². The molecule has 1 saturated heterocycles. The lowest BCUT2D eigenvalue weighted by Gasteiger charge is -2.14. The molecule has 1 unspecified atom stereocenters. The minimum Gasteiger partial charge on any atom is -0.494 e. The molecule has 0 spiro atoms. The van der Waals surface area contributed by atoms with Crippen molar-refractivity contribution in [2.75, 3.05) is 19.8 Å². The smallest absolute Gasteiger partial charge is 0.242 e. The van der Waals surface area contributed by atoms with Crippen molar-refractivity contribution in [2.24, 2.45) is 0 Å². The number of hydrogen-bond acceptors (Lipinski definition) is 4. The Morgan fingerprint density at radius 3 is 2.78 bits per heavy atom. The molecule has 126 valence electrons. The van der Waals surface area contributed by atoms with Gasteiger partial charge in [0.15, 0.2) is 5.11 Å². The van der Waals surface area contributed by atoms with Crippen molar-refractivity contribution in [3.8, 4) is 5.75 Å². The van der Waals surface area contributed by atoms with E-state index in [1.807, 2.05) is 31.2 Å². The minimum atomic E-state index is -0.157. The fourth-order valence-corrected chi connectivity index (χ4v) is 2.42. The Morgan fingerprint density at radius 2 is 2.13 bits per heavy atom. The number of nitrogens with one attached hydrogen (secondary N) is 3. The molecule has 2 rings (SSSR count). The van der Waals surface area contributed by atoms with Gasteiger partial charge in [0.1, 0.15) is 5.75 Å². The zero-order chi connectivity index (χ0) is 16.5. The summed E-state index contributed by atoms with van der Waals surface area (Å²) in [5.74, 6) is 0.643. The van der Waals surface area contributed by atoms with Crippen LogP contribution < -0.4 is 20.9 Å². The van der Waals surface area contributed by atoms with Crippen molar-refractivity contribution in [3.63, 3.8) is 0 Å². The average molecular weight is 337 g/mol. The van der Waals surface area contributed by atoms with E-state index < -0.39 is 0 Å². The Morgan fingerprint density at radius 1 is 1.35 bits per heavy atom. The number of carbonyl (C=O) groups excluding carboxylic acids is 1. The quantitative estimate of drug-likeness (QED) is 0.537. The third-order valence-corrected chi connectivity index (χ3v) is 3.68. The number of amides is 1. The molecular weight excluding hydrogens is 314 g/mol. The average Bonchev–Trinajstić information content (AvgIpc) is 3.06. The van der Waals surface area contributed by atoms with Crippen molar-refractivity contribution in [3.05, 3.63) is 29.8 Å². The van der Waals surface area contributed by atoms with Gasteiger partial charge in [-0.1, -0.05) is 12.1 Å². The van der Waals surface area contributed by atoms with Crippen LogP contribution in [-0.4, -0.2) is 36.9 Å². The summed E-state index contributed by atoms with van der Waals surface area (Å²) >= 11 is 5.11. The molecule has 1 heterocycles. The summed E-state index contributed by atoms with van der Waals surface area (Å²) < 4.78 is 10.9. The zero-order valence-electron chi connectivity index (χ0n) is 13.3. The predicted molar refractivity (Wildman–Crippen MR) is 92.2 cm³/mol. The van der Waals surface area contributed by atoms with E-state index in [1.54, 1.807) is 0 Å². The number of rotatable bonds is 6. The number of hydrogen-bond donors (Lipinski definition) is 3. The van der Waals surface area contributed by atoms with Crippen LogP contribution in [0.3, 0.4) is 0 Å². The standard InChI is InChI=1S/C16H23N3O3S/c1-2-21-13-7-5-12(6-8-13)10-15(20)18-19-16(23)17-11-14-4-3-9-22-14/h5-8,14H,2-4,9-11H2,1H3,(H,18,20)(H2,17,19,23). The van der Waals surface area contributed by atoms with Gasteiger partial charge in [0, 0.05) is 13.2 Å². The Bertz CT molecular complexity index is 516. The third-order valence-electron chi connectivity index (χ3n) is 3.43. The van der Waals surface area contributed by atoms with Crippen molar-refractivity contribution in [2.45, 2.75) is 32.3 Å². The number of thiocarbonyl (C=S) groups is 1. The van der Waals surface area contributed by atoms with Crippen LogP contribution in [0.15, 0.2) is 24.3 Å². The van der Waals surface area contributed by atoms with Crippen LogP contribution in [0.5, 0.6) is 5.75 Å². The van der Waals surface area contributed by atoms with Crippen LogP contribution in [0.2, 0.25) is 0 Å². The van der Waals surface area contributed by atoms with Crippen molar-refractivity contribution in [1.82, 2.24) is 16.2 Å². The Hall–Kier alpha value is -1.86. The highest BCUT2D eigenvalue weighted by molar-refractivity contribution is 7.80. The van der Waals surface area contributed by atoms with Gasteiger partial charge in [-0.15, -0.1) is 0 Å². The van der Waals surface area contributed by atoms with Crippen LogP contribution in [-0.2, 0) is 16.0 Å². The summed E-state index contributed by atoms with van der Waals surface area (Å²) in [5, 5.41) is 3.42. The fraction of sp³-hybridized carbons (Fsp3) is 0.500. The van der Waals surface area contributed by atoms with E-state index in [0.29, 0.717) is 18.3 Å². The Labute approximate surface area is 141 Å². The van der Waals surface area contributed by atoms with E-state index in [0.717, 1.165) is 30.8 Å². The second-order valence-corrected chi connectivity index (χ2v) is 5.68. The predicted octanol–water partition coefficient (Wildman–Crippen LogP) is 1.30. The first-order valence-electron chi connectivity index (χ1n) is 7.83. The van der Waals surface area contributed by atoms with Gasteiger partial charge in [0.25, 0.3) is 0 Å². The van der Waals surface area contributed by atoms with Crippen LogP contribution in [0.4, 0.5) is 0 Å². The minimum absolute atomic E-state index is 0.157. The summed E-state index contributed by atoms with van der Waals surface area (Å²) in [6, 6.07) is 7.46. The molecule has 1 atom stereocenters. The Balaban J connectivity index is 1.64. The molecule has 6 nitrogen and oxygen atoms in total. The first-order chi connectivity index (χ1) is 11.2. The number of ether oxygens (including phenoxy) is 2. The molecule has 1 fully saturated rings. The molecule has 1 aromatic carbocycles. The van der Waals surface area contributed by atoms with Crippen LogP contribution in [0, 0.1) is 0 Å². The van der Waals surface area contributed by atoms with Gasteiger partial charge in [0.05, 0.1) is 19.1 Å². The highest BCUT2D eigenvalue weighted by Crippen LogP contribution is 2.12. The zero-order valence-corrected chi connectivity index (χ0v) is 14.1. The lowest BCUT2D eigenvalue weighted by atomic mass is 10.1. The SMILES string of the molecule is CCOc1ccc(CC(=O)NNC(=S)NCC2CCCO2)cc1. The van der Waals surface area contributed by atoms with Gasteiger partial charge < -0.3 is 14.8 Å². The van der Waals surface area contributed by atoms with E-state index in [-0.39, 0.29) is 18.4 Å². The number of carbonyl (C=O) groups is 1. The normalized spacial score (nSPS) is 16.7. The summed E-state index contributed by atoms with van der Waals surface area (Å²) in [5.41, 5.74) is 6.19. The summed E-state index contributed by atoms with van der Waals surface area (Å²) in [6.07, 6.45) is 2.60. The van der Waals surface area contributed by atoms with E-state index in [4.69, 9.17) is 21.7 Å². The maximum atomic E-state index is 11.9. The van der Waals surface area contributed by atoms with Crippen LogP contribution >= 0.6 is 12.2 Å². The van der Waals surface area contributed by atoms with Gasteiger partial charge in [0.2, 0.25) is 5.91 Å². The first kappa shape index (κ1) is 17.5. The number of hydrazine groups is 1. The lowest BCUT2D eigenvalue weighted by Crippen LogP contribution is -2.48. The second kappa shape index (κ2) is 9.32. The van der Waals surface area contributed by atoms with E-state index in [9.17, 15) is 4.79 Å².